The Morgan fingerprint density at radius 3 is 2.70 bits per heavy atom. The van der Waals surface area contributed by atoms with Crippen LogP contribution in [-0.4, -0.2) is 21.4 Å². The lowest BCUT2D eigenvalue weighted by Crippen LogP contribution is -2.40. The normalized spacial score (nSPS) is 11.6. The van der Waals surface area contributed by atoms with E-state index in [0.717, 1.165) is 0 Å². The minimum atomic E-state index is -0.249. The van der Waals surface area contributed by atoms with Crippen LogP contribution in [0.4, 0.5) is 0 Å². The van der Waals surface area contributed by atoms with Gasteiger partial charge in [0.15, 0.2) is 0 Å². The number of carbonyl (C=O) groups excluding carboxylic acids is 1. The number of hydrogen-bond donors (Lipinski definition) is 2. The van der Waals surface area contributed by atoms with Crippen molar-refractivity contribution in [2.45, 2.75) is 39.2 Å². The Hall–Kier alpha value is -2.17. The molecule has 2 rings (SSSR count). The summed E-state index contributed by atoms with van der Waals surface area (Å²) in [6.07, 6.45) is 0.723. The molecule has 1 aromatic carbocycles. The van der Waals surface area contributed by atoms with Crippen molar-refractivity contribution in [2.75, 3.05) is 0 Å². The van der Waals surface area contributed by atoms with Crippen LogP contribution in [0.15, 0.2) is 29.1 Å². The topological polar surface area (TPSA) is 74.8 Å². The fourth-order valence-corrected chi connectivity index (χ4v) is 1.97. The molecular weight excluding hydrogens is 254 g/mol. The maximum absolute atomic E-state index is 11.9. The van der Waals surface area contributed by atoms with Crippen molar-refractivity contribution in [2.24, 2.45) is 0 Å². The summed E-state index contributed by atoms with van der Waals surface area (Å²) in [5, 5.41) is 3.45. The van der Waals surface area contributed by atoms with Crippen LogP contribution in [-0.2, 0) is 11.2 Å². The highest BCUT2D eigenvalue weighted by molar-refractivity contribution is 5.78. The summed E-state index contributed by atoms with van der Waals surface area (Å²) in [4.78, 5) is 30.7. The number of nitrogens with zero attached hydrogens (tertiary/aromatic N) is 1. The molecule has 106 valence electrons. The number of aryl methyl sites for hydroxylation is 1. The predicted molar refractivity (Wildman–Crippen MR) is 78.6 cm³/mol. The van der Waals surface area contributed by atoms with Crippen LogP contribution < -0.4 is 10.9 Å². The quantitative estimate of drug-likeness (QED) is 0.895. The summed E-state index contributed by atoms with van der Waals surface area (Å²) in [5.41, 5.74) is 0.241. The van der Waals surface area contributed by atoms with Crippen molar-refractivity contribution in [3.63, 3.8) is 0 Å². The SMILES string of the molecule is CC(C)(C)NC(=O)CCc1nc2ccccc2c(=O)[nH]1. The Labute approximate surface area is 117 Å². The van der Waals surface area contributed by atoms with Crippen LogP contribution in [0.5, 0.6) is 0 Å². The molecule has 0 atom stereocenters. The largest absolute Gasteiger partial charge is 0.351 e. The average Bonchev–Trinajstić information content (AvgIpc) is 2.34. The van der Waals surface area contributed by atoms with E-state index in [1.54, 1.807) is 18.2 Å². The van der Waals surface area contributed by atoms with Crippen LogP contribution in [0.25, 0.3) is 10.9 Å². The summed E-state index contributed by atoms with van der Waals surface area (Å²) < 4.78 is 0. The molecule has 2 N–H and O–H groups in total. The third kappa shape index (κ3) is 3.66. The molecule has 0 aliphatic heterocycles. The number of para-hydroxylation sites is 1. The Morgan fingerprint density at radius 2 is 2.00 bits per heavy atom. The minimum absolute atomic E-state index is 0.0479. The molecule has 5 heteroatoms. The molecule has 1 aromatic heterocycles. The van der Waals surface area contributed by atoms with Gasteiger partial charge in [-0.05, 0) is 32.9 Å². The Balaban J connectivity index is 2.11. The molecule has 5 nitrogen and oxygen atoms in total. The molecule has 2 aromatic rings. The zero-order valence-corrected chi connectivity index (χ0v) is 12.0. The summed E-state index contributed by atoms with van der Waals surface area (Å²) in [6, 6.07) is 7.17. The zero-order chi connectivity index (χ0) is 14.8. The van der Waals surface area contributed by atoms with E-state index in [0.29, 0.717) is 29.6 Å². The van der Waals surface area contributed by atoms with Gasteiger partial charge in [-0.2, -0.15) is 0 Å². The van der Waals surface area contributed by atoms with Crippen molar-refractivity contribution in [1.82, 2.24) is 15.3 Å². The van der Waals surface area contributed by atoms with Gasteiger partial charge in [-0.1, -0.05) is 12.1 Å². The van der Waals surface area contributed by atoms with Gasteiger partial charge in [0.25, 0.3) is 5.56 Å². The maximum atomic E-state index is 11.9. The van der Waals surface area contributed by atoms with Crippen molar-refractivity contribution in [3.05, 3.63) is 40.4 Å². The highest BCUT2D eigenvalue weighted by atomic mass is 16.1. The first-order valence-electron chi connectivity index (χ1n) is 6.64. The van der Waals surface area contributed by atoms with Gasteiger partial charge >= 0.3 is 0 Å². The van der Waals surface area contributed by atoms with E-state index in [4.69, 9.17) is 0 Å². The third-order valence-electron chi connectivity index (χ3n) is 2.77. The minimum Gasteiger partial charge on any atom is -0.351 e. The third-order valence-corrected chi connectivity index (χ3v) is 2.77. The monoisotopic (exact) mass is 273 g/mol. The second kappa shape index (κ2) is 5.45. The van der Waals surface area contributed by atoms with E-state index in [1.807, 2.05) is 26.8 Å². The number of hydrogen-bond acceptors (Lipinski definition) is 3. The van der Waals surface area contributed by atoms with E-state index >= 15 is 0 Å². The van der Waals surface area contributed by atoms with Gasteiger partial charge in [-0.3, -0.25) is 9.59 Å². The number of benzene rings is 1. The van der Waals surface area contributed by atoms with Crippen LogP contribution in [0.1, 0.15) is 33.0 Å². The summed E-state index contributed by atoms with van der Waals surface area (Å²) in [6.45, 7) is 5.79. The molecule has 0 saturated carbocycles. The molecule has 0 fully saturated rings. The number of aromatic nitrogens is 2. The summed E-state index contributed by atoms with van der Waals surface area (Å²) in [5.74, 6) is 0.492. The van der Waals surface area contributed by atoms with Crippen LogP contribution >= 0.6 is 0 Å². The summed E-state index contributed by atoms with van der Waals surface area (Å²) >= 11 is 0. The van der Waals surface area contributed by atoms with Crippen LogP contribution in [0, 0.1) is 0 Å². The number of amides is 1. The van der Waals surface area contributed by atoms with Crippen LogP contribution in [0.2, 0.25) is 0 Å². The molecular formula is C15H19N3O2. The first-order valence-corrected chi connectivity index (χ1v) is 6.64. The molecule has 20 heavy (non-hydrogen) atoms. The number of rotatable bonds is 3. The predicted octanol–water partition coefficient (Wildman–Crippen LogP) is 1.77. The van der Waals surface area contributed by atoms with Gasteiger partial charge in [0.1, 0.15) is 5.82 Å². The van der Waals surface area contributed by atoms with Gasteiger partial charge in [0, 0.05) is 18.4 Å². The van der Waals surface area contributed by atoms with Gasteiger partial charge in [-0.15, -0.1) is 0 Å². The van der Waals surface area contributed by atoms with Crippen molar-refractivity contribution >= 4 is 16.8 Å². The van der Waals surface area contributed by atoms with Gasteiger partial charge in [-0.25, -0.2) is 4.98 Å². The lowest BCUT2D eigenvalue weighted by molar-refractivity contribution is -0.122. The lowest BCUT2D eigenvalue weighted by Gasteiger charge is -2.20. The van der Waals surface area contributed by atoms with E-state index < -0.39 is 0 Å². The Bertz CT molecular complexity index is 683. The number of nitrogens with one attached hydrogen (secondary N) is 2. The van der Waals surface area contributed by atoms with Gasteiger partial charge < -0.3 is 10.3 Å². The molecule has 0 bridgehead atoms. The fraction of sp³-hybridized carbons (Fsp3) is 0.400. The highest BCUT2D eigenvalue weighted by Crippen LogP contribution is 2.07. The van der Waals surface area contributed by atoms with Crippen molar-refractivity contribution in [1.29, 1.82) is 0 Å². The highest BCUT2D eigenvalue weighted by Gasteiger charge is 2.14. The first kappa shape index (κ1) is 14.2. The molecule has 0 spiro atoms. The standard InChI is InChI=1S/C15H19N3O2/c1-15(2,3)18-13(19)9-8-12-16-11-7-5-4-6-10(11)14(20)17-12/h4-7H,8-9H2,1-3H3,(H,18,19)(H,16,17,20). The van der Waals surface area contributed by atoms with E-state index in [-0.39, 0.29) is 17.0 Å². The number of carbonyl (C=O) groups is 1. The molecule has 0 unspecified atom stereocenters. The van der Waals surface area contributed by atoms with Crippen LogP contribution in [0.3, 0.4) is 0 Å². The second-order valence-electron chi connectivity index (χ2n) is 5.83. The average molecular weight is 273 g/mol. The van der Waals surface area contributed by atoms with E-state index in [9.17, 15) is 9.59 Å². The molecule has 0 radical (unpaired) electrons. The smallest absolute Gasteiger partial charge is 0.258 e. The first-order chi connectivity index (χ1) is 9.35. The lowest BCUT2D eigenvalue weighted by atomic mass is 10.1. The Morgan fingerprint density at radius 1 is 1.30 bits per heavy atom. The number of aromatic amines is 1. The molecule has 0 aliphatic carbocycles. The van der Waals surface area contributed by atoms with E-state index in [1.165, 1.54) is 0 Å². The van der Waals surface area contributed by atoms with Crippen molar-refractivity contribution < 1.29 is 4.79 Å². The number of H-pyrrole nitrogens is 1. The molecule has 1 amide bonds. The molecule has 0 aliphatic rings. The summed E-state index contributed by atoms with van der Waals surface area (Å²) in [7, 11) is 0. The molecule has 1 heterocycles. The van der Waals surface area contributed by atoms with Gasteiger partial charge in [0.05, 0.1) is 10.9 Å². The van der Waals surface area contributed by atoms with Gasteiger partial charge in [0.2, 0.25) is 5.91 Å². The maximum Gasteiger partial charge on any atom is 0.258 e. The van der Waals surface area contributed by atoms with Crippen molar-refractivity contribution in [3.8, 4) is 0 Å². The fourth-order valence-electron chi connectivity index (χ4n) is 1.97. The number of fused-ring (bicyclic) bond motifs is 1. The zero-order valence-electron chi connectivity index (χ0n) is 12.0. The second-order valence-corrected chi connectivity index (χ2v) is 5.83. The Kier molecular flexibility index (Phi) is 3.88. The molecule has 0 saturated heterocycles. The van der Waals surface area contributed by atoms with E-state index in [2.05, 4.69) is 15.3 Å².